The summed E-state index contributed by atoms with van der Waals surface area (Å²) in [5, 5.41) is 2.50. The second-order valence-electron chi connectivity index (χ2n) is 8.20. The van der Waals surface area contributed by atoms with E-state index in [1.807, 2.05) is 37.3 Å². The average Bonchev–Trinajstić information content (AvgIpc) is 3.11. The normalized spacial score (nSPS) is 19.0. The van der Waals surface area contributed by atoms with Crippen LogP contribution in [0, 0.1) is 0 Å². The fourth-order valence-corrected chi connectivity index (χ4v) is 3.36. The average molecular weight is 405 g/mol. The number of benzene rings is 1. The van der Waals surface area contributed by atoms with Gasteiger partial charge in [-0.2, -0.15) is 0 Å². The second kappa shape index (κ2) is 10.3. The van der Waals surface area contributed by atoms with E-state index in [1.165, 1.54) is 0 Å². The molecule has 7 heteroatoms. The first kappa shape index (κ1) is 22.7. The summed E-state index contributed by atoms with van der Waals surface area (Å²) >= 11 is 0. The highest BCUT2D eigenvalue weighted by Gasteiger charge is 2.42. The summed E-state index contributed by atoms with van der Waals surface area (Å²) in [6.07, 6.45) is 2.24. The van der Waals surface area contributed by atoms with Crippen LogP contribution < -0.4 is 5.32 Å². The third-order valence-corrected chi connectivity index (χ3v) is 4.65. The van der Waals surface area contributed by atoms with Gasteiger partial charge in [0.2, 0.25) is 5.91 Å². The first-order chi connectivity index (χ1) is 13.7. The van der Waals surface area contributed by atoms with Gasteiger partial charge < -0.3 is 19.7 Å². The topological polar surface area (TPSA) is 84.9 Å². The molecule has 160 valence electrons. The number of carbonyl (C=O) groups excluding carboxylic acids is 3. The second-order valence-corrected chi connectivity index (χ2v) is 8.20. The summed E-state index contributed by atoms with van der Waals surface area (Å²) in [4.78, 5) is 39.1. The zero-order valence-electron chi connectivity index (χ0n) is 17.8. The Hall–Kier alpha value is -2.57. The molecule has 0 saturated carbocycles. The Bertz CT molecular complexity index is 699. The molecule has 2 amide bonds. The number of hydrogen-bond donors (Lipinski definition) is 1. The molecule has 0 radical (unpaired) electrons. The van der Waals surface area contributed by atoms with Crippen LogP contribution in [-0.2, 0) is 19.1 Å². The first-order valence-corrected chi connectivity index (χ1v) is 10.2. The fraction of sp³-hybridized carbons (Fsp3) is 0.591. The maximum absolute atomic E-state index is 13.0. The third-order valence-electron chi connectivity index (χ3n) is 4.65. The number of nitrogens with zero attached hydrogens (tertiary/aromatic N) is 1. The van der Waals surface area contributed by atoms with Crippen molar-refractivity contribution in [2.75, 3.05) is 13.2 Å². The van der Waals surface area contributed by atoms with E-state index in [-0.39, 0.29) is 24.5 Å². The molecule has 1 heterocycles. The largest absolute Gasteiger partial charge is 0.464 e. The minimum Gasteiger partial charge on any atom is -0.464 e. The monoisotopic (exact) mass is 404 g/mol. The van der Waals surface area contributed by atoms with Crippen molar-refractivity contribution in [1.82, 2.24) is 10.2 Å². The number of hydrogen-bond acceptors (Lipinski definition) is 5. The Balaban J connectivity index is 2.11. The van der Waals surface area contributed by atoms with Crippen LogP contribution in [0.25, 0.3) is 0 Å². The van der Waals surface area contributed by atoms with E-state index >= 15 is 0 Å². The number of likely N-dealkylation sites (tertiary alicyclic amines) is 1. The van der Waals surface area contributed by atoms with E-state index in [4.69, 9.17) is 9.47 Å². The molecular formula is C22H32N2O5. The molecule has 7 nitrogen and oxygen atoms in total. The van der Waals surface area contributed by atoms with Crippen molar-refractivity contribution < 1.29 is 23.9 Å². The predicted molar refractivity (Wildman–Crippen MR) is 109 cm³/mol. The van der Waals surface area contributed by atoms with Crippen LogP contribution in [0.2, 0.25) is 0 Å². The lowest BCUT2D eigenvalue weighted by atomic mass is 10.0. The van der Waals surface area contributed by atoms with Crippen LogP contribution in [0.3, 0.4) is 0 Å². The van der Waals surface area contributed by atoms with Crippen LogP contribution >= 0.6 is 0 Å². The summed E-state index contributed by atoms with van der Waals surface area (Å²) in [5.74, 6) is -0.720. The molecule has 1 saturated heterocycles. The number of nitrogens with one attached hydrogen (secondary N) is 1. The lowest BCUT2D eigenvalue weighted by molar-refractivity contribution is -0.154. The van der Waals surface area contributed by atoms with Gasteiger partial charge in [0.25, 0.3) is 0 Å². The molecule has 0 aromatic heterocycles. The molecule has 1 unspecified atom stereocenters. The molecule has 0 bridgehead atoms. The highest BCUT2D eigenvalue weighted by atomic mass is 16.6. The van der Waals surface area contributed by atoms with Gasteiger partial charge >= 0.3 is 12.1 Å². The Morgan fingerprint density at radius 3 is 2.45 bits per heavy atom. The van der Waals surface area contributed by atoms with E-state index in [0.717, 1.165) is 18.4 Å². The molecule has 1 fully saturated rings. The molecule has 1 N–H and O–H groups in total. The summed E-state index contributed by atoms with van der Waals surface area (Å²) in [5.41, 5.74) is 0.306. The highest BCUT2D eigenvalue weighted by molar-refractivity contribution is 5.88. The summed E-state index contributed by atoms with van der Waals surface area (Å²) in [6, 6.07) is 8.73. The fourth-order valence-electron chi connectivity index (χ4n) is 3.36. The van der Waals surface area contributed by atoms with Gasteiger partial charge in [-0.25, -0.2) is 9.59 Å². The third kappa shape index (κ3) is 6.76. The lowest BCUT2D eigenvalue weighted by Gasteiger charge is -2.30. The van der Waals surface area contributed by atoms with Gasteiger partial charge in [0, 0.05) is 0 Å². The Morgan fingerprint density at radius 1 is 1.14 bits per heavy atom. The number of carbonyl (C=O) groups is 3. The molecule has 1 aliphatic heterocycles. The Morgan fingerprint density at radius 2 is 1.83 bits per heavy atom. The van der Waals surface area contributed by atoms with E-state index in [0.29, 0.717) is 19.4 Å². The van der Waals surface area contributed by atoms with Crippen LogP contribution in [0.4, 0.5) is 4.79 Å². The maximum Gasteiger partial charge on any atom is 0.408 e. The summed E-state index contributed by atoms with van der Waals surface area (Å²) in [6.45, 7) is 7.39. The van der Waals surface area contributed by atoms with E-state index < -0.39 is 17.7 Å². The zero-order chi connectivity index (χ0) is 21.4. The van der Waals surface area contributed by atoms with Crippen LogP contribution in [0.1, 0.15) is 65.0 Å². The molecular weight excluding hydrogens is 372 g/mol. The van der Waals surface area contributed by atoms with Gasteiger partial charge in [0.1, 0.15) is 18.2 Å². The van der Waals surface area contributed by atoms with Crippen molar-refractivity contribution in [2.24, 2.45) is 0 Å². The number of esters is 1. The molecule has 0 spiro atoms. The van der Waals surface area contributed by atoms with Crippen molar-refractivity contribution in [2.45, 2.75) is 71.1 Å². The zero-order valence-corrected chi connectivity index (χ0v) is 17.8. The number of unbranched alkanes of at least 4 members (excludes halogenated alkanes) is 1. The minimum absolute atomic E-state index is 0.229. The molecule has 1 aromatic carbocycles. The maximum atomic E-state index is 13.0. The van der Waals surface area contributed by atoms with Crippen molar-refractivity contribution >= 4 is 18.0 Å². The number of amides is 2. The highest BCUT2D eigenvalue weighted by Crippen LogP contribution is 2.36. The van der Waals surface area contributed by atoms with Crippen molar-refractivity contribution in [3.05, 3.63) is 35.9 Å². The number of rotatable bonds is 7. The van der Waals surface area contributed by atoms with Crippen molar-refractivity contribution in [3.8, 4) is 0 Å². The van der Waals surface area contributed by atoms with Gasteiger partial charge in [-0.1, -0.05) is 43.7 Å². The Kier molecular flexibility index (Phi) is 8.05. The first-order valence-electron chi connectivity index (χ1n) is 10.2. The standard InChI is InChI=1S/C22H32N2O5/c1-5-6-14-28-20(26)18-13-12-17(16-10-8-7-9-11-16)24(18)19(25)15-23-21(27)29-22(2,3)4/h7-11,17-18H,5-6,12-15H2,1-4H3,(H,23,27)/t17?,18-/m0/s1. The van der Waals surface area contributed by atoms with E-state index in [2.05, 4.69) is 5.32 Å². The van der Waals surface area contributed by atoms with Crippen molar-refractivity contribution in [1.29, 1.82) is 0 Å². The van der Waals surface area contributed by atoms with Gasteiger partial charge in [0.05, 0.1) is 12.6 Å². The van der Waals surface area contributed by atoms with Gasteiger partial charge in [0.15, 0.2) is 0 Å². The molecule has 0 aliphatic carbocycles. The smallest absolute Gasteiger partial charge is 0.408 e. The SMILES string of the molecule is CCCCOC(=O)[C@@H]1CCC(c2ccccc2)N1C(=O)CNC(=O)OC(C)(C)C. The van der Waals surface area contributed by atoms with Crippen LogP contribution in [0.15, 0.2) is 30.3 Å². The Labute approximate surface area is 172 Å². The molecule has 2 atom stereocenters. The van der Waals surface area contributed by atoms with E-state index in [9.17, 15) is 14.4 Å². The summed E-state index contributed by atoms with van der Waals surface area (Å²) < 4.78 is 10.6. The number of ether oxygens (including phenoxy) is 2. The molecule has 29 heavy (non-hydrogen) atoms. The van der Waals surface area contributed by atoms with Gasteiger partial charge in [-0.15, -0.1) is 0 Å². The van der Waals surface area contributed by atoms with Gasteiger partial charge in [-0.05, 0) is 45.6 Å². The van der Waals surface area contributed by atoms with Crippen molar-refractivity contribution in [3.63, 3.8) is 0 Å². The predicted octanol–water partition coefficient (Wildman–Crippen LogP) is 3.59. The quantitative estimate of drug-likeness (QED) is 0.555. The minimum atomic E-state index is -0.664. The molecule has 1 aromatic rings. The van der Waals surface area contributed by atoms with Gasteiger partial charge in [-0.3, -0.25) is 4.79 Å². The molecule has 1 aliphatic rings. The van der Waals surface area contributed by atoms with E-state index in [1.54, 1.807) is 25.7 Å². The molecule has 2 rings (SSSR count). The summed E-state index contributed by atoms with van der Waals surface area (Å²) in [7, 11) is 0. The number of alkyl carbamates (subject to hydrolysis) is 1. The van der Waals surface area contributed by atoms with Crippen LogP contribution in [0.5, 0.6) is 0 Å². The van der Waals surface area contributed by atoms with Crippen LogP contribution in [-0.4, -0.2) is 47.7 Å². The lowest BCUT2D eigenvalue weighted by Crippen LogP contribution is -2.47.